The monoisotopic (exact) mass is 521 g/mol. The predicted octanol–water partition coefficient (Wildman–Crippen LogP) is 5.80. The number of hydrogen-bond acceptors (Lipinski definition) is 6. The number of rotatable bonds is 6. The summed E-state index contributed by atoms with van der Waals surface area (Å²) in [5, 5.41) is 14.8. The number of ether oxygens (including phenoxy) is 3. The number of anilines is 1. The Morgan fingerprint density at radius 2 is 1.95 bits per heavy atom. The maximum Gasteiger partial charge on any atom is 0.337 e. The summed E-state index contributed by atoms with van der Waals surface area (Å²) >= 11 is 0. The maximum atomic E-state index is 12.7. The van der Waals surface area contributed by atoms with Crippen molar-refractivity contribution in [3.8, 4) is 16.9 Å². The molecule has 0 radical (unpaired) electrons. The second kappa shape index (κ2) is 10.2. The summed E-state index contributed by atoms with van der Waals surface area (Å²) in [6.07, 6.45) is 0.888. The van der Waals surface area contributed by atoms with Crippen LogP contribution in [0.3, 0.4) is 0 Å². The number of fused-ring (bicyclic) bond motifs is 2. The van der Waals surface area contributed by atoms with Crippen LogP contribution in [0.4, 0.5) is 5.69 Å². The van der Waals surface area contributed by atoms with Crippen molar-refractivity contribution in [2.75, 3.05) is 31.7 Å². The molecule has 0 amide bonds. The number of carboxylic acids is 1. The van der Waals surface area contributed by atoms with Crippen molar-refractivity contribution < 1.29 is 24.1 Å². The Hall–Kier alpha value is -3.10. The summed E-state index contributed by atoms with van der Waals surface area (Å²) in [6, 6.07) is 6.04. The molecule has 8 nitrogen and oxygen atoms in total. The van der Waals surface area contributed by atoms with E-state index < -0.39 is 17.7 Å². The van der Waals surface area contributed by atoms with Gasteiger partial charge in [0.25, 0.3) is 0 Å². The van der Waals surface area contributed by atoms with Crippen molar-refractivity contribution in [3.63, 3.8) is 0 Å². The molecule has 0 aliphatic carbocycles. The minimum Gasteiger partial charge on any atom is -0.490 e. The zero-order chi connectivity index (χ0) is 27.2. The molecule has 204 valence electrons. The molecular formula is C30H39N3O5. The average Bonchev–Trinajstić information content (AvgIpc) is 3.10. The standard InChI is InChI=1S/C30H39N3O5/c1-17-19(3)33(16-20-9-12-36-13-10-20)28-24(17)26(21-7-8-23-22(15-21)31-11-14-37-23)25(18(2)32-28)27(29(34)35)38-30(4,5)6/h7-8,15,20,27,31H,9-14,16H2,1-6H3,(H,34,35)/t27-/m0/s1. The fourth-order valence-electron chi connectivity index (χ4n) is 5.71. The van der Waals surface area contributed by atoms with E-state index in [1.807, 2.05) is 39.8 Å². The van der Waals surface area contributed by atoms with Crippen LogP contribution in [0.25, 0.3) is 22.2 Å². The molecule has 2 aromatic heterocycles. The zero-order valence-electron chi connectivity index (χ0n) is 23.3. The van der Waals surface area contributed by atoms with Gasteiger partial charge in [0.05, 0.1) is 11.3 Å². The smallest absolute Gasteiger partial charge is 0.337 e. The van der Waals surface area contributed by atoms with Gasteiger partial charge in [0.15, 0.2) is 6.10 Å². The Morgan fingerprint density at radius 3 is 2.63 bits per heavy atom. The molecule has 38 heavy (non-hydrogen) atoms. The van der Waals surface area contributed by atoms with Gasteiger partial charge in [-0.2, -0.15) is 0 Å². The molecule has 0 unspecified atom stereocenters. The third-order valence-corrected chi connectivity index (χ3v) is 7.67. The molecule has 2 aliphatic rings. The Balaban J connectivity index is 1.78. The normalized spacial score (nSPS) is 17.1. The quantitative estimate of drug-likeness (QED) is 0.423. The average molecular weight is 522 g/mol. The fraction of sp³-hybridized carbons (Fsp3) is 0.533. The summed E-state index contributed by atoms with van der Waals surface area (Å²) in [5.74, 6) is 0.291. The summed E-state index contributed by atoms with van der Waals surface area (Å²) in [4.78, 5) is 17.8. The summed E-state index contributed by atoms with van der Waals surface area (Å²) < 4.78 is 19.9. The van der Waals surface area contributed by atoms with Crippen molar-refractivity contribution in [2.24, 2.45) is 5.92 Å². The van der Waals surface area contributed by atoms with Gasteiger partial charge in [0.1, 0.15) is 18.0 Å². The van der Waals surface area contributed by atoms with Crippen molar-refractivity contribution >= 4 is 22.7 Å². The van der Waals surface area contributed by atoms with Crippen LogP contribution < -0.4 is 10.1 Å². The lowest BCUT2D eigenvalue weighted by atomic mass is 9.90. The van der Waals surface area contributed by atoms with Crippen LogP contribution in [0.1, 0.15) is 62.2 Å². The number of nitrogens with zero attached hydrogens (tertiary/aromatic N) is 2. The fourth-order valence-corrected chi connectivity index (χ4v) is 5.71. The number of benzene rings is 1. The highest BCUT2D eigenvalue weighted by atomic mass is 16.5. The first-order valence-electron chi connectivity index (χ1n) is 13.5. The second-order valence-corrected chi connectivity index (χ2v) is 11.5. The number of aliphatic carboxylic acids is 1. The number of nitrogens with one attached hydrogen (secondary N) is 1. The van der Waals surface area contributed by atoms with Crippen molar-refractivity contribution in [1.82, 2.24) is 9.55 Å². The van der Waals surface area contributed by atoms with Gasteiger partial charge in [-0.25, -0.2) is 9.78 Å². The molecule has 1 saturated heterocycles. The number of carboxylic acid groups (broad SMARTS) is 1. The predicted molar refractivity (Wildman–Crippen MR) is 148 cm³/mol. The SMILES string of the molecule is Cc1nc2c(c(C)c(C)n2CC2CCOCC2)c(-c2ccc3c(c2)NCCO3)c1[C@H](OC(C)(C)C)C(=O)O. The van der Waals surface area contributed by atoms with Crippen LogP contribution in [0.5, 0.6) is 5.75 Å². The highest BCUT2D eigenvalue weighted by Gasteiger charge is 2.34. The molecule has 8 heteroatoms. The van der Waals surface area contributed by atoms with E-state index in [1.54, 1.807) is 0 Å². The Morgan fingerprint density at radius 1 is 1.21 bits per heavy atom. The lowest BCUT2D eigenvalue weighted by Crippen LogP contribution is -2.28. The minimum absolute atomic E-state index is 0.517. The van der Waals surface area contributed by atoms with E-state index in [0.717, 1.165) is 84.0 Å². The molecule has 2 aliphatic heterocycles. The molecule has 3 aromatic rings. The van der Waals surface area contributed by atoms with Crippen LogP contribution >= 0.6 is 0 Å². The Labute approximate surface area is 224 Å². The van der Waals surface area contributed by atoms with Crippen molar-refractivity contribution in [2.45, 2.75) is 72.6 Å². The number of pyridine rings is 1. The largest absolute Gasteiger partial charge is 0.490 e. The van der Waals surface area contributed by atoms with E-state index in [-0.39, 0.29) is 0 Å². The lowest BCUT2D eigenvalue weighted by Gasteiger charge is -2.28. The second-order valence-electron chi connectivity index (χ2n) is 11.5. The van der Waals surface area contributed by atoms with Crippen LogP contribution in [-0.4, -0.2) is 52.6 Å². The van der Waals surface area contributed by atoms with Gasteiger partial charge in [0.2, 0.25) is 0 Å². The van der Waals surface area contributed by atoms with Gasteiger partial charge in [0, 0.05) is 54.2 Å². The lowest BCUT2D eigenvalue weighted by molar-refractivity contribution is -0.160. The molecule has 0 spiro atoms. The Kier molecular flexibility index (Phi) is 7.13. The van der Waals surface area contributed by atoms with Crippen LogP contribution in [-0.2, 0) is 20.8 Å². The highest BCUT2D eigenvalue weighted by molar-refractivity contribution is 6.01. The molecule has 2 N–H and O–H groups in total. The molecule has 0 bridgehead atoms. The van der Waals surface area contributed by atoms with Gasteiger partial charge in [-0.05, 0) is 83.6 Å². The third kappa shape index (κ3) is 4.99. The molecule has 1 fully saturated rings. The van der Waals surface area contributed by atoms with E-state index in [4.69, 9.17) is 19.2 Å². The number of aryl methyl sites for hydroxylation is 2. The number of hydrogen-bond donors (Lipinski definition) is 2. The first kappa shape index (κ1) is 26.5. The van der Waals surface area contributed by atoms with Crippen LogP contribution in [0, 0.1) is 26.7 Å². The van der Waals surface area contributed by atoms with Crippen molar-refractivity contribution in [1.29, 1.82) is 0 Å². The van der Waals surface area contributed by atoms with E-state index in [0.29, 0.717) is 23.8 Å². The topological polar surface area (TPSA) is 94.8 Å². The molecule has 0 saturated carbocycles. The van der Waals surface area contributed by atoms with Crippen LogP contribution in [0.15, 0.2) is 18.2 Å². The van der Waals surface area contributed by atoms with E-state index in [1.165, 1.54) is 0 Å². The molecule has 1 atom stereocenters. The summed E-state index contributed by atoms with van der Waals surface area (Å²) in [6.45, 7) is 15.6. The highest BCUT2D eigenvalue weighted by Crippen LogP contribution is 2.44. The maximum absolute atomic E-state index is 12.7. The Bertz CT molecular complexity index is 1360. The van der Waals surface area contributed by atoms with Gasteiger partial charge >= 0.3 is 5.97 Å². The van der Waals surface area contributed by atoms with E-state index in [9.17, 15) is 9.90 Å². The minimum atomic E-state index is -1.17. The first-order chi connectivity index (χ1) is 18.0. The van der Waals surface area contributed by atoms with Crippen molar-refractivity contribution in [3.05, 3.63) is 40.7 Å². The molecule has 1 aromatic carbocycles. The summed E-state index contributed by atoms with van der Waals surface area (Å²) in [7, 11) is 0. The van der Waals surface area contributed by atoms with E-state index in [2.05, 4.69) is 29.8 Å². The van der Waals surface area contributed by atoms with Crippen LogP contribution in [0.2, 0.25) is 0 Å². The van der Waals surface area contributed by atoms with Gasteiger partial charge < -0.3 is 29.2 Å². The molecule has 5 rings (SSSR count). The van der Waals surface area contributed by atoms with E-state index >= 15 is 0 Å². The number of aromatic nitrogens is 2. The number of carbonyl (C=O) groups is 1. The van der Waals surface area contributed by atoms with Gasteiger partial charge in [-0.3, -0.25) is 0 Å². The van der Waals surface area contributed by atoms with Gasteiger partial charge in [-0.1, -0.05) is 6.07 Å². The molecular weight excluding hydrogens is 482 g/mol. The zero-order valence-corrected chi connectivity index (χ0v) is 23.3. The summed E-state index contributed by atoms with van der Waals surface area (Å²) in [5.41, 5.74) is 6.45. The van der Waals surface area contributed by atoms with Gasteiger partial charge in [-0.15, -0.1) is 0 Å². The molecule has 4 heterocycles. The third-order valence-electron chi connectivity index (χ3n) is 7.67. The first-order valence-corrected chi connectivity index (χ1v) is 13.5.